The topological polar surface area (TPSA) is 89.1 Å². The quantitative estimate of drug-likeness (QED) is 0.254. The number of aliphatic hydroxyl groups is 1. The zero-order valence-electron chi connectivity index (χ0n) is 22.3. The normalized spacial score (nSPS) is 17.5. The van der Waals surface area contributed by atoms with Gasteiger partial charge in [-0.25, -0.2) is 13.6 Å². The van der Waals surface area contributed by atoms with Crippen molar-refractivity contribution in [2.75, 3.05) is 20.3 Å². The van der Waals surface area contributed by atoms with E-state index in [-0.39, 0.29) is 31.7 Å². The second-order valence-electron chi connectivity index (χ2n) is 9.66. The van der Waals surface area contributed by atoms with Crippen LogP contribution < -0.4 is 15.4 Å². The van der Waals surface area contributed by atoms with E-state index in [1.165, 1.54) is 12.1 Å². The minimum Gasteiger partial charge on any atom is -0.497 e. The van der Waals surface area contributed by atoms with Crippen molar-refractivity contribution in [3.05, 3.63) is 113 Å². The highest BCUT2D eigenvalue weighted by Gasteiger charge is 2.33. The summed E-state index contributed by atoms with van der Waals surface area (Å²) >= 11 is 0. The van der Waals surface area contributed by atoms with Gasteiger partial charge in [0.1, 0.15) is 24.0 Å². The number of benzene rings is 3. The number of amides is 1. The van der Waals surface area contributed by atoms with Crippen molar-refractivity contribution < 1.29 is 32.9 Å². The lowest BCUT2D eigenvalue weighted by molar-refractivity contribution is 0.0667. The molecule has 40 heavy (non-hydrogen) atoms. The van der Waals surface area contributed by atoms with Gasteiger partial charge in [-0.3, -0.25) is 0 Å². The molecule has 0 bridgehead atoms. The summed E-state index contributed by atoms with van der Waals surface area (Å²) in [7, 11) is 1.59. The lowest BCUT2D eigenvalue weighted by atomic mass is 10.00. The molecule has 0 aromatic heterocycles. The van der Waals surface area contributed by atoms with Gasteiger partial charge >= 0.3 is 6.09 Å². The van der Waals surface area contributed by atoms with E-state index in [1.807, 2.05) is 48.5 Å². The molecule has 3 aromatic carbocycles. The van der Waals surface area contributed by atoms with Gasteiger partial charge in [-0.15, -0.1) is 6.58 Å². The largest absolute Gasteiger partial charge is 0.497 e. The molecular formula is C31H34F2N2O5. The summed E-state index contributed by atoms with van der Waals surface area (Å²) in [5, 5.41) is 17.2. The number of alkyl carbamates (subject to hydrolysis) is 1. The van der Waals surface area contributed by atoms with E-state index in [1.54, 1.807) is 13.2 Å². The van der Waals surface area contributed by atoms with Gasteiger partial charge in [-0.2, -0.15) is 0 Å². The van der Waals surface area contributed by atoms with Crippen LogP contribution in [0.15, 0.2) is 79.4 Å². The summed E-state index contributed by atoms with van der Waals surface area (Å²) in [6.45, 7) is 4.23. The molecule has 1 amide bonds. The number of hydrogen-bond donors (Lipinski definition) is 3. The smallest absolute Gasteiger partial charge is 0.407 e. The Morgan fingerprint density at radius 3 is 2.52 bits per heavy atom. The minimum absolute atomic E-state index is 0.0158. The molecule has 0 radical (unpaired) electrons. The standard InChI is InChI=1S/C31H34F2N2O5/c1-3-11-39-30-17-27(26-16-24(38-2)9-10-25(26)30)34-18-29(36)28(14-21-12-22(32)15-23(33)13-21)35-31(37)40-19-20-7-5-4-6-8-20/h3-10,12-13,15-16,27-30,34,36H,1,11,14,17-19H2,2H3,(H,35,37)/t27-,28+,29-,30+/m1/s1. The summed E-state index contributed by atoms with van der Waals surface area (Å²) in [6.07, 6.45) is 0.269. The second-order valence-corrected chi connectivity index (χ2v) is 9.66. The van der Waals surface area contributed by atoms with Gasteiger partial charge in [0.2, 0.25) is 0 Å². The summed E-state index contributed by atoms with van der Waals surface area (Å²) < 4.78 is 44.4. The van der Waals surface area contributed by atoms with Crippen molar-refractivity contribution in [3.8, 4) is 5.75 Å². The Hall–Kier alpha value is -3.79. The van der Waals surface area contributed by atoms with E-state index >= 15 is 0 Å². The molecule has 1 aliphatic rings. The maximum atomic E-state index is 13.9. The first kappa shape index (κ1) is 29.2. The number of nitrogens with one attached hydrogen (secondary N) is 2. The maximum Gasteiger partial charge on any atom is 0.407 e. The first-order valence-corrected chi connectivity index (χ1v) is 13.1. The van der Waals surface area contributed by atoms with Crippen LogP contribution in [0.3, 0.4) is 0 Å². The first-order valence-electron chi connectivity index (χ1n) is 13.1. The minimum atomic E-state index is -1.11. The molecule has 9 heteroatoms. The number of halogens is 2. The van der Waals surface area contributed by atoms with Gasteiger partial charge < -0.3 is 30.0 Å². The molecule has 7 nitrogen and oxygen atoms in total. The molecule has 0 aliphatic heterocycles. The highest BCUT2D eigenvalue weighted by atomic mass is 19.1. The van der Waals surface area contributed by atoms with Crippen molar-refractivity contribution in [2.24, 2.45) is 0 Å². The van der Waals surface area contributed by atoms with E-state index in [2.05, 4.69) is 17.2 Å². The molecule has 3 N–H and O–H groups in total. The average molecular weight is 553 g/mol. The van der Waals surface area contributed by atoms with Crippen LogP contribution in [0.25, 0.3) is 0 Å². The number of methoxy groups -OCH3 is 1. The molecule has 3 aromatic rings. The third-order valence-electron chi connectivity index (χ3n) is 6.81. The third-order valence-corrected chi connectivity index (χ3v) is 6.81. The van der Waals surface area contributed by atoms with Crippen LogP contribution in [0.5, 0.6) is 5.75 Å². The fraction of sp³-hybridized carbons (Fsp3) is 0.323. The van der Waals surface area contributed by atoms with Crippen molar-refractivity contribution in [2.45, 2.75) is 43.7 Å². The fourth-order valence-electron chi connectivity index (χ4n) is 4.87. The van der Waals surface area contributed by atoms with Gasteiger partial charge in [0.15, 0.2) is 0 Å². The van der Waals surface area contributed by atoms with Crippen LogP contribution in [0.4, 0.5) is 13.6 Å². The SMILES string of the molecule is C=CCO[C@H]1C[C@@H](NC[C@@H](O)[C@H](Cc2cc(F)cc(F)c2)NC(=O)OCc2ccccc2)c2cc(OC)ccc21. The molecule has 4 rings (SSSR count). The summed E-state index contributed by atoms with van der Waals surface area (Å²) in [5.41, 5.74) is 3.09. The number of hydrogen-bond acceptors (Lipinski definition) is 6. The fourth-order valence-corrected chi connectivity index (χ4v) is 4.87. The molecule has 4 atom stereocenters. The molecule has 0 saturated carbocycles. The van der Waals surface area contributed by atoms with Gasteiger partial charge in [-0.05, 0) is 59.4 Å². The Morgan fingerprint density at radius 1 is 1.07 bits per heavy atom. The molecule has 0 heterocycles. The molecule has 1 aliphatic carbocycles. The lowest BCUT2D eigenvalue weighted by Gasteiger charge is -2.26. The van der Waals surface area contributed by atoms with E-state index in [0.717, 1.165) is 22.8 Å². The zero-order chi connectivity index (χ0) is 28.5. The molecule has 0 saturated heterocycles. The van der Waals surface area contributed by atoms with Crippen LogP contribution in [-0.2, 0) is 22.5 Å². The number of aliphatic hydroxyl groups excluding tert-OH is 1. The van der Waals surface area contributed by atoms with E-state index in [0.29, 0.717) is 24.3 Å². The first-order chi connectivity index (χ1) is 19.4. The van der Waals surface area contributed by atoms with E-state index in [4.69, 9.17) is 14.2 Å². The van der Waals surface area contributed by atoms with E-state index < -0.39 is 29.9 Å². The number of carbonyl (C=O) groups is 1. The van der Waals surface area contributed by atoms with Crippen molar-refractivity contribution in [1.29, 1.82) is 0 Å². The van der Waals surface area contributed by atoms with Crippen molar-refractivity contribution >= 4 is 6.09 Å². The summed E-state index contributed by atoms with van der Waals surface area (Å²) in [4.78, 5) is 12.6. The predicted molar refractivity (Wildman–Crippen MR) is 147 cm³/mol. The van der Waals surface area contributed by atoms with Crippen LogP contribution >= 0.6 is 0 Å². The van der Waals surface area contributed by atoms with Crippen LogP contribution in [0.1, 0.15) is 40.8 Å². The van der Waals surface area contributed by atoms with Crippen LogP contribution in [0, 0.1) is 11.6 Å². The van der Waals surface area contributed by atoms with Gasteiger partial charge in [-0.1, -0.05) is 42.5 Å². The van der Waals surface area contributed by atoms with Crippen LogP contribution in [-0.4, -0.2) is 43.6 Å². The third kappa shape index (κ3) is 7.88. The number of ether oxygens (including phenoxy) is 3. The van der Waals surface area contributed by atoms with Crippen LogP contribution in [0.2, 0.25) is 0 Å². The highest BCUT2D eigenvalue weighted by Crippen LogP contribution is 2.42. The van der Waals surface area contributed by atoms with Gasteiger partial charge in [0.05, 0.1) is 32.0 Å². The molecule has 0 fully saturated rings. The Morgan fingerprint density at radius 2 is 1.82 bits per heavy atom. The summed E-state index contributed by atoms with van der Waals surface area (Å²) in [6, 6.07) is 17.0. The Balaban J connectivity index is 1.45. The second kappa shape index (κ2) is 14.0. The monoisotopic (exact) mass is 552 g/mol. The van der Waals surface area contributed by atoms with Crippen molar-refractivity contribution in [3.63, 3.8) is 0 Å². The van der Waals surface area contributed by atoms with Gasteiger partial charge in [0.25, 0.3) is 0 Å². The molecule has 0 unspecified atom stereocenters. The number of rotatable bonds is 13. The maximum absolute atomic E-state index is 13.9. The molecular weight excluding hydrogens is 518 g/mol. The van der Waals surface area contributed by atoms with E-state index in [9.17, 15) is 18.7 Å². The summed E-state index contributed by atoms with van der Waals surface area (Å²) in [5.74, 6) is -0.783. The zero-order valence-corrected chi connectivity index (χ0v) is 22.3. The van der Waals surface area contributed by atoms with Gasteiger partial charge in [0, 0.05) is 18.7 Å². The average Bonchev–Trinajstić information content (AvgIpc) is 3.29. The molecule has 212 valence electrons. The van der Waals surface area contributed by atoms with Crippen molar-refractivity contribution in [1.82, 2.24) is 10.6 Å². The lowest BCUT2D eigenvalue weighted by Crippen LogP contribution is -2.49. The number of carbonyl (C=O) groups excluding carboxylic acids is 1. The predicted octanol–water partition coefficient (Wildman–Crippen LogP) is 5.15. The molecule has 0 spiro atoms. The Bertz CT molecular complexity index is 1270. The Labute approximate surface area is 232 Å². The number of fused-ring (bicyclic) bond motifs is 1. The Kier molecular flexibility index (Phi) is 10.2. The highest BCUT2D eigenvalue weighted by molar-refractivity contribution is 5.67.